The zero-order valence-electron chi connectivity index (χ0n) is 45.7. The number of aromatic amines is 1. The maximum Gasteiger partial charge on any atom is 0.189 e. The average Bonchev–Trinajstić information content (AvgIpc) is 4.36. The minimum Gasteiger partial charge on any atom is -0.504 e. The SMILES string of the molecule is CC(O)CNCC1c2cc(C(O)COc3cc(CCc4cc(CO)c(CCC5CCC6C7CSSCC(N=C(N)NC8CCCC8)C(C)CCC6C(C5)CC7N)o4)ccc3O)[nH]c2C2C=CC13CCCC3C21CCCC1. The number of aliphatic hydroxyl groups excluding tert-OH is 3. The molecule has 418 valence electrons. The number of hydrogen-bond donors (Lipinski definition) is 9. The maximum absolute atomic E-state index is 11.8. The van der Waals surface area contributed by atoms with Crippen LogP contribution >= 0.6 is 21.6 Å². The molecule has 8 aliphatic carbocycles. The smallest absolute Gasteiger partial charge is 0.189 e. The number of benzene rings is 1. The van der Waals surface area contributed by atoms with Gasteiger partial charge in [0, 0.05) is 78.3 Å². The maximum atomic E-state index is 11.8. The monoisotopic (exact) mass is 1080 g/mol. The first-order valence-electron chi connectivity index (χ1n) is 30.2. The van der Waals surface area contributed by atoms with Gasteiger partial charge in [0.1, 0.15) is 24.2 Å². The van der Waals surface area contributed by atoms with Crippen molar-refractivity contribution >= 4 is 27.5 Å². The van der Waals surface area contributed by atoms with E-state index in [0.717, 1.165) is 65.7 Å². The van der Waals surface area contributed by atoms with E-state index >= 15 is 0 Å². The predicted molar refractivity (Wildman–Crippen MR) is 308 cm³/mol. The van der Waals surface area contributed by atoms with E-state index < -0.39 is 12.2 Å². The van der Waals surface area contributed by atoms with Crippen molar-refractivity contribution in [3.63, 3.8) is 0 Å². The Hall–Kier alpha value is -3.11. The molecule has 14 atom stereocenters. The summed E-state index contributed by atoms with van der Waals surface area (Å²) in [5, 5.41) is 50.7. The number of aliphatic hydroxyl groups is 3. The normalized spacial score (nSPS) is 34.1. The van der Waals surface area contributed by atoms with Gasteiger partial charge in [0.25, 0.3) is 0 Å². The van der Waals surface area contributed by atoms with Crippen molar-refractivity contribution in [1.82, 2.24) is 15.6 Å². The fourth-order valence-electron chi connectivity index (χ4n) is 17.4. The molecule has 5 saturated carbocycles. The van der Waals surface area contributed by atoms with Crippen molar-refractivity contribution in [2.24, 2.45) is 68.7 Å². The molecule has 2 spiro atoms. The fraction of sp³-hybridized carbons (Fsp3) is 0.726. The van der Waals surface area contributed by atoms with Crippen LogP contribution in [0.2, 0.25) is 0 Å². The van der Waals surface area contributed by atoms with E-state index in [2.05, 4.69) is 40.8 Å². The van der Waals surface area contributed by atoms with Gasteiger partial charge in [-0.3, -0.25) is 0 Å². The summed E-state index contributed by atoms with van der Waals surface area (Å²) in [5.74, 6) is 9.74. The van der Waals surface area contributed by atoms with Crippen LogP contribution in [0.1, 0.15) is 187 Å². The Bertz CT molecular complexity index is 2480. The van der Waals surface area contributed by atoms with Gasteiger partial charge >= 0.3 is 0 Å². The summed E-state index contributed by atoms with van der Waals surface area (Å²) in [6, 6.07) is 10.7. The highest BCUT2D eigenvalue weighted by atomic mass is 33.1. The third kappa shape index (κ3) is 11.3. The lowest BCUT2D eigenvalue weighted by Gasteiger charge is -2.52. The minimum atomic E-state index is -0.911. The third-order valence-electron chi connectivity index (χ3n) is 21.1. The van der Waals surface area contributed by atoms with Crippen molar-refractivity contribution in [3.8, 4) is 11.5 Å². The molecule has 3 aromatic rings. The van der Waals surface area contributed by atoms with Crippen LogP contribution in [-0.4, -0.2) is 86.8 Å². The highest BCUT2D eigenvalue weighted by Crippen LogP contribution is 2.72. The number of ether oxygens (including phenoxy) is 1. The largest absolute Gasteiger partial charge is 0.504 e. The van der Waals surface area contributed by atoms with Gasteiger partial charge in [-0.2, -0.15) is 0 Å². The Morgan fingerprint density at radius 1 is 0.921 bits per heavy atom. The second kappa shape index (κ2) is 23.9. The van der Waals surface area contributed by atoms with E-state index in [9.17, 15) is 20.4 Å². The molecule has 14 unspecified atom stereocenters. The molecule has 6 fully saturated rings. The highest BCUT2D eigenvalue weighted by molar-refractivity contribution is 8.76. The van der Waals surface area contributed by atoms with Crippen molar-refractivity contribution in [1.29, 1.82) is 0 Å². The van der Waals surface area contributed by atoms with Crippen LogP contribution in [-0.2, 0) is 25.9 Å². The summed E-state index contributed by atoms with van der Waals surface area (Å²) < 4.78 is 12.8. The zero-order valence-corrected chi connectivity index (χ0v) is 47.4. The van der Waals surface area contributed by atoms with Crippen LogP contribution in [0.4, 0.5) is 0 Å². The van der Waals surface area contributed by atoms with Crippen LogP contribution in [0.15, 0.2) is 51.9 Å². The van der Waals surface area contributed by atoms with Crippen molar-refractivity contribution < 1.29 is 29.6 Å². The first-order chi connectivity index (χ1) is 36.9. The number of furan rings is 1. The molecule has 12 nitrogen and oxygen atoms in total. The first kappa shape index (κ1) is 54.8. The molecule has 14 heteroatoms. The molecule has 0 amide bonds. The van der Waals surface area contributed by atoms with Crippen molar-refractivity contribution in [2.45, 2.75) is 197 Å². The molecule has 11 N–H and O–H groups in total. The quantitative estimate of drug-likeness (QED) is 0.0268. The highest BCUT2D eigenvalue weighted by Gasteiger charge is 2.63. The van der Waals surface area contributed by atoms with Gasteiger partial charge < -0.3 is 56.7 Å². The molecule has 1 aliphatic heterocycles. The van der Waals surface area contributed by atoms with E-state index in [1.165, 1.54) is 114 Å². The topological polar surface area (TPSA) is 208 Å². The average molecular weight is 1080 g/mol. The number of rotatable bonds is 17. The molecule has 3 heterocycles. The second-order valence-corrected chi connectivity index (χ2v) is 28.2. The molecule has 76 heavy (non-hydrogen) atoms. The van der Waals surface area contributed by atoms with E-state index in [1.54, 1.807) is 6.07 Å². The van der Waals surface area contributed by atoms with Crippen molar-refractivity contribution in [2.75, 3.05) is 31.2 Å². The summed E-state index contributed by atoms with van der Waals surface area (Å²) in [5.41, 5.74) is 19.2. The van der Waals surface area contributed by atoms with Crippen LogP contribution in [0.5, 0.6) is 11.5 Å². The predicted octanol–water partition coefficient (Wildman–Crippen LogP) is 10.7. The standard InChI is InChI=1S/C62H92N6O6S2/c1-37-11-17-45-41-26-39(13-18-46(45)48(51(63)29-41)35-75-76-36-53(37)68-60(64)66-43-8-3-4-9-43)15-20-56-42(33-69)28-44(74-56)16-12-40-14-19-54(71)57(27-40)73-34-55(72)52-30-47-50(32-65-31-38(2)70)62-24-7-10-58(62)61(22-5-6-23-61)49(21-25-62)59(47)67-52/h14,19,21,25,27-28,30,37-39,41,43,45-46,48-51,53,55,58,65,67,69-72H,3-13,15-18,20,22-24,26,29,31-36,63H2,1-2H3,(H3,64,66,68). The number of phenolic OH excluding ortho intramolecular Hbond substituents is 1. The van der Waals surface area contributed by atoms with E-state index in [-0.39, 0.29) is 47.8 Å². The number of H-pyrrole nitrogens is 1. The van der Waals surface area contributed by atoms with Gasteiger partial charge in [-0.25, -0.2) is 4.99 Å². The van der Waals surface area contributed by atoms with Crippen LogP contribution in [0.3, 0.4) is 0 Å². The van der Waals surface area contributed by atoms with Crippen LogP contribution in [0, 0.1) is 52.3 Å². The summed E-state index contributed by atoms with van der Waals surface area (Å²) in [7, 11) is 3.99. The second-order valence-electron chi connectivity index (χ2n) is 25.6. The van der Waals surface area contributed by atoms with Crippen LogP contribution in [0.25, 0.3) is 0 Å². The Balaban J connectivity index is 0.706. The molecular formula is C62H92N6O6S2. The molecule has 2 aromatic heterocycles. The summed E-state index contributed by atoms with van der Waals surface area (Å²) >= 11 is 0. The van der Waals surface area contributed by atoms with Gasteiger partial charge in [-0.1, -0.05) is 85.3 Å². The number of phenols is 1. The van der Waals surface area contributed by atoms with Crippen LogP contribution < -0.4 is 26.8 Å². The van der Waals surface area contributed by atoms with Gasteiger partial charge in [-0.15, -0.1) is 0 Å². The third-order valence-corrected chi connectivity index (χ3v) is 23.6. The lowest BCUT2D eigenvalue weighted by molar-refractivity contribution is 0.0440. The summed E-state index contributed by atoms with van der Waals surface area (Å²) in [6.07, 6.45) is 27.9. The molecule has 6 bridgehead atoms. The van der Waals surface area contributed by atoms with Gasteiger partial charge in [-0.05, 0) is 178 Å². The molecular weight excluding hydrogens is 989 g/mol. The fourth-order valence-corrected chi connectivity index (χ4v) is 20.2. The lowest BCUT2D eigenvalue weighted by Crippen LogP contribution is -2.47. The van der Waals surface area contributed by atoms with Gasteiger partial charge in [0.2, 0.25) is 0 Å². The number of nitrogens with two attached hydrogens (primary N) is 2. The molecule has 1 saturated heterocycles. The Kier molecular flexibility index (Phi) is 17.3. The number of nitrogens with zero attached hydrogens (tertiary/aromatic N) is 1. The number of hydrogen-bond acceptors (Lipinski definition) is 11. The number of nitrogens with one attached hydrogen (secondary N) is 3. The lowest BCUT2D eigenvalue weighted by atomic mass is 9.52. The molecule has 1 aromatic carbocycles. The number of aromatic hydroxyl groups is 1. The first-order valence-corrected chi connectivity index (χ1v) is 32.6. The Morgan fingerprint density at radius 3 is 2.55 bits per heavy atom. The molecule has 12 rings (SSSR count). The number of allylic oxidation sites excluding steroid dienone is 2. The molecule has 9 aliphatic rings. The number of aliphatic imine (C=N–C) groups is 1. The summed E-state index contributed by atoms with van der Waals surface area (Å²) in [6.45, 7) is 5.54. The minimum absolute atomic E-state index is 0.000308. The van der Waals surface area contributed by atoms with E-state index in [4.69, 9.17) is 25.6 Å². The number of aryl methyl sites for hydroxylation is 3. The summed E-state index contributed by atoms with van der Waals surface area (Å²) in [4.78, 5) is 8.91. The van der Waals surface area contributed by atoms with E-state index in [0.29, 0.717) is 84.5 Å². The van der Waals surface area contributed by atoms with E-state index in [1.807, 2.05) is 46.7 Å². The Labute approximate surface area is 461 Å². The van der Waals surface area contributed by atoms with Gasteiger partial charge in [0.15, 0.2) is 17.5 Å². The number of guanidine groups is 1. The number of aromatic nitrogens is 1. The Morgan fingerprint density at radius 2 is 1.74 bits per heavy atom. The zero-order chi connectivity index (χ0) is 52.6. The van der Waals surface area contributed by atoms with Crippen molar-refractivity contribution in [3.05, 3.63) is 82.1 Å². The van der Waals surface area contributed by atoms with Gasteiger partial charge in [0.05, 0.1) is 18.8 Å². The molecule has 0 radical (unpaired) electrons.